The molecule has 7 heteroatoms. The Labute approximate surface area is 167 Å². The van der Waals surface area contributed by atoms with Crippen LogP contribution in [0.15, 0.2) is 42.5 Å². The predicted octanol–water partition coefficient (Wildman–Crippen LogP) is 3.83. The van der Waals surface area contributed by atoms with Crippen LogP contribution in [-0.2, 0) is 11.2 Å². The number of hydrogen-bond acceptors (Lipinski definition) is 2. The van der Waals surface area contributed by atoms with Crippen LogP contribution in [0, 0.1) is 17.6 Å². The molecule has 1 N–H and O–H groups in total. The number of carbonyl (C=O) groups excluding carboxylic acids is 2. The van der Waals surface area contributed by atoms with Crippen LogP contribution in [0.3, 0.4) is 0 Å². The van der Waals surface area contributed by atoms with Gasteiger partial charge in [0.05, 0.1) is 5.56 Å². The lowest BCUT2D eigenvalue weighted by molar-refractivity contribution is -0.126. The van der Waals surface area contributed by atoms with Crippen LogP contribution in [-0.4, -0.2) is 36.3 Å². The Morgan fingerprint density at radius 3 is 2.39 bits per heavy atom. The van der Waals surface area contributed by atoms with Gasteiger partial charge in [-0.1, -0.05) is 23.7 Å². The lowest BCUT2D eigenvalue weighted by Crippen LogP contribution is -2.43. The number of nitrogens with one attached hydrogen (secondary N) is 1. The van der Waals surface area contributed by atoms with E-state index in [1.165, 1.54) is 4.90 Å². The topological polar surface area (TPSA) is 49.4 Å². The van der Waals surface area contributed by atoms with Gasteiger partial charge in [0.25, 0.3) is 5.91 Å². The van der Waals surface area contributed by atoms with Crippen molar-refractivity contribution in [2.24, 2.45) is 5.92 Å². The smallest absolute Gasteiger partial charge is 0.256 e. The maximum absolute atomic E-state index is 13.8. The SMILES string of the molecule is O=C(NCCc1ccc(Cl)cc1)C1CCN(C(=O)c2ccc(F)cc2F)CC1. The van der Waals surface area contributed by atoms with Crippen molar-refractivity contribution in [3.63, 3.8) is 0 Å². The number of hydrogen-bond donors (Lipinski definition) is 1. The Kier molecular flexibility index (Phi) is 6.62. The molecule has 0 saturated carbocycles. The predicted molar refractivity (Wildman–Crippen MR) is 103 cm³/mol. The molecule has 0 spiro atoms. The largest absolute Gasteiger partial charge is 0.356 e. The summed E-state index contributed by atoms with van der Waals surface area (Å²) < 4.78 is 26.8. The first kappa shape index (κ1) is 20.3. The molecule has 1 heterocycles. The zero-order chi connectivity index (χ0) is 20.1. The summed E-state index contributed by atoms with van der Waals surface area (Å²) in [5.74, 6) is -2.27. The van der Waals surface area contributed by atoms with E-state index < -0.39 is 17.5 Å². The van der Waals surface area contributed by atoms with Gasteiger partial charge >= 0.3 is 0 Å². The third kappa shape index (κ3) is 5.07. The second-order valence-corrected chi connectivity index (χ2v) is 7.29. The molecule has 0 aromatic heterocycles. The molecule has 0 atom stereocenters. The number of halogens is 3. The number of rotatable bonds is 5. The fourth-order valence-electron chi connectivity index (χ4n) is 3.30. The van der Waals surface area contributed by atoms with Gasteiger partial charge in [-0.05, 0) is 49.1 Å². The summed E-state index contributed by atoms with van der Waals surface area (Å²) in [6.45, 7) is 1.26. The molecule has 2 amide bonds. The first-order valence-electron chi connectivity index (χ1n) is 9.20. The molecule has 0 radical (unpaired) electrons. The lowest BCUT2D eigenvalue weighted by Gasteiger charge is -2.31. The summed E-state index contributed by atoms with van der Waals surface area (Å²) in [5.41, 5.74) is 0.943. The molecule has 4 nitrogen and oxygen atoms in total. The second kappa shape index (κ2) is 9.15. The molecule has 2 aromatic rings. The molecule has 0 bridgehead atoms. The normalized spacial score (nSPS) is 14.8. The minimum Gasteiger partial charge on any atom is -0.356 e. The Bertz CT molecular complexity index is 850. The Morgan fingerprint density at radius 2 is 1.75 bits per heavy atom. The van der Waals surface area contributed by atoms with Gasteiger partial charge < -0.3 is 10.2 Å². The van der Waals surface area contributed by atoms with Crippen LogP contribution in [0.1, 0.15) is 28.8 Å². The minimum atomic E-state index is -0.868. The van der Waals surface area contributed by atoms with Crippen molar-refractivity contribution >= 4 is 23.4 Å². The number of amides is 2. The van der Waals surface area contributed by atoms with Crippen LogP contribution < -0.4 is 5.32 Å². The molecule has 3 rings (SSSR count). The van der Waals surface area contributed by atoms with Crippen LogP contribution in [0.5, 0.6) is 0 Å². The lowest BCUT2D eigenvalue weighted by atomic mass is 9.95. The van der Waals surface area contributed by atoms with Crippen molar-refractivity contribution in [3.05, 3.63) is 70.2 Å². The number of carbonyl (C=O) groups is 2. The first-order valence-corrected chi connectivity index (χ1v) is 9.58. The van der Waals surface area contributed by atoms with Gasteiger partial charge in [0.2, 0.25) is 5.91 Å². The average Bonchev–Trinajstić information content (AvgIpc) is 2.69. The second-order valence-electron chi connectivity index (χ2n) is 6.86. The third-order valence-corrected chi connectivity index (χ3v) is 5.19. The van der Waals surface area contributed by atoms with E-state index in [1.54, 1.807) is 0 Å². The molecular weight excluding hydrogens is 386 g/mol. The number of piperidine rings is 1. The summed E-state index contributed by atoms with van der Waals surface area (Å²) in [7, 11) is 0. The minimum absolute atomic E-state index is 0.0333. The van der Waals surface area contributed by atoms with E-state index in [4.69, 9.17) is 11.6 Å². The van der Waals surface area contributed by atoms with Crippen molar-refractivity contribution in [1.82, 2.24) is 10.2 Å². The molecule has 2 aromatic carbocycles. The molecular formula is C21H21ClF2N2O2. The van der Waals surface area contributed by atoms with Gasteiger partial charge in [-0.3, -0.25) is 9.59 Å². The van der Waals surface area contributed by atoms with Gasteiger partial charge in [0.15, 0.2) is 0 Å². The quantitative estimate of drug-likeness (QED) is 0.820. The van der Waals surface area contributed by atoms with Crippen LogP contribution in [0.2, 0.25) is 5.02 Å². The maximum atomic E-state index is 13.8. The fourth-order valence-corrected chi connectivity index (χ4v) is 3.43. The molecule has 148 valence electrons. The summed E-state index contributed by atoms with van der Waals surface area (Å²) in [4.78, 5) is 26.3. The Morgan fingerprint density at radius 1 is 1.07 bits per heavy atom. The monoisotopic (exact) mass is 406 g/mol. The molecule has 0 aliphatic carbocycles. The van der Waals surface area contributed by atoms with Gasteiger partial charge in [-0.25, -0.2) is 8.78 Å². The highest BCUT2D eigenvalue weighted by Crippen LogP contribution is 2.21. The molecule has 28 heavy (non-hydrogen) atoms. The highest BCUT2D eigenvalue weighted by atomic mass is 35.5. The average molecular weight is 407 g/mol. The van der Waals surface area contributed by atoms with Crippen molar-refractivity contribution in [2.75, 3.05) is 19.6 Å². The van der Waals surface area contributed by atoms with E-state index in [1.807, 2.05) is 24.3 Å². The molecule has 0 unspecified atom stereocenters. The van der Waals surface area contributed by atoms with E-state index in [0.717, 1.165) is 17.7 Å². The van der Waals surface area contributed by atoms with Crippen molar-refractivity contribution in [1.29, 1.82) is 0 Å². The van der Waals surface area contributed by atoms with Gasteiger partial charge in [0.1, 0.15) is 11.6 Å². The number of benzene rings is 2. The highest BCUT2D eigenvalue weighted by molar-refractivity contribution is 6.30. The van der Waals surface area contributed by atoms with Crippen LogP contribution in [0.25, 0.3) is 0 Å². The number of nitrogens with zero attached hydrogens (tertiary/aromatic N) is 1. The van der Waals surface area contributed by atoms with Crippen molar-refractivity contribution < 1.29 is 18.4 Å². The molecule has 1 aliphatic heterocycles. The van der Waals surface area contributed by atoms with E-state index in [2.05, 4.69) is 5.32 Å². The molecule has 1 aliphatic rings. The van der Waals surface area contributed by atoms with E-state index >= 15 is 0 Å². The van der Waals surface area contributed by atoms with E-state index in [-0.39, 0.29) is 17.4 Å². The van der Waals surface area contributed by atoms with Gasteiger partial charge in [-0.2, -0.15) is 0 Å². The van der Waals surface area contributed by atoms with E-state index in [0.29, 0.717) is 50.0 Å². The van der Waals surface area contributed by atoms with Crippen LogP contribution >= 0.6 is 11.6 Å². The van der Waals surface area contributed by atoms with Crippen molar-refractivity contribution in [3.8, 4) is 0 Å². The van der Waals surface area contributed by atoms with Gasteiger partial charge in [-0.15, -0.1) is 0 Å². The maximum Gasteiger partial charge on any atom is 0.256 e. The fraction of sp³-hybridized carbons (Fsp3) is 0.333. The Hall–Kier alpha value is -2.47. The zero-order valence-corrected chi connectivity index (χ0v) is 16.0. The zero-order valence-electron chi connectivity index (χ0n) is 15.3. The molecule has 1 fully saturated rings. The summed E-state index contributed by atoms with van der Waals surface area (Å²) in [6, 6.07) is 10.4. The standard InChI is InChI=1S/C21H21ClF2N2O2/c22-16-3-1-14(2-4-16)7-10-25-20(27)15-8-11-26(12-9-15)21(28)18-6-5-17(23)13-19(18)24/h1-6,13,15H,7-12H2,(H,25,27). The van der Waals surface area contributed by atoms with Crippen molar-refractivity contribution in [2.45, 2.75) is 19.3 Å². The highest BCUT2D eigenvalue weighted by Gasteiger charge is 2.28. The first-order chi connectivity index (χ1) is 13.4. The van der Waals surface area contributed by atoms with Gasteiger partial charge in [0, 0.05) is 36.6 Å². The van der Waals surface area contributed by atoms with E-state index in [9.17, 15) is 18.4 Å². The third-order valence-electron chi connectivity index (χ3n) is 4.94. The summed E-state index contributed by atoms with van der Waals surface area (Å²) in [6.07, 6.45) is 1.74. The summed E-state index contributed by atoms with van der Waals surface area (Å²) >= 11 is 5.85. The number of likely N-dealkylation sites (tertiary alicyclic amines) is 1. The molecule has 1 saturated heterocycles. The van der Waals surface area contributed by atoms with Crippen LogP contribution in [0.4, 0.5) is 8.78 Å². The Balaban J connectivity index is 1.45. The summed E-state index contributed by atoms with van der Waals surface area (Å²) in [5, 5.41) is 3.61.